The Balaban J connectivity index is 2.34. The lowest BCUT2D eigenvalue weighted by Crippen LogP contribution is -2.18. The van der Waals surface area contributed by atoms with E-state index in [0.717, 1.165) is 11.8 Å². The Bertz CT molecular complexity index is 846. The number of carbonyl (C=O) groups is 1. The van der Waals surface area contributed by atoms with Crippen LogP contribution in [0.25, 0.3) is 5.65 Å². The van der Waals surface area contributed by atoms with Gasteiger partial charge in [0, 0.05) is 12.4 Å². The van der Waals surface area contributed by atoms with Gasteiger partial charge in [0.15, 0.2) is 5.57 Å². The second-order valence-electron chi connectivity index (χ2n) is 4.44. The molecule has 0 spiro atoms. The zero-order valence-corrected chi connectivity index (χ0v) is 12.2. The van der Waals surface area contributed by atoms with Crippen molar-refractivity contribution in [2.75, 3.05) is 11.9 Å². The molecule has 7 heteroatoms. The number of ether oxygens (including phenoxy) is 1. The van der Waals surface area contributed by atoms with Gasteiger partial charge >= 0.3 is 5.97 Å². The first-order valence-electron chi connectivity index (χ1n) is 6.58. The Labute approximate surface area is 126 Å². The summed E-state index contributed by atoms with van der Waals surface area (Å²) >= 11 is 0. The Morgan fingerprint density at radius 1 is 1.59 bits per heavy atom. The number of anilines is 1. The van der Waals surface area contributed by atoms with E-state index in [9.17, 15) is 9.59 Å². The predicted molar refractivity (Wildman–Crippen MR) is 80.2 cm³/mol. The number of hydrogen-bond acceptors (Lipinski definition) is 6. The average molecular weight is 298 g/mol. The van der Waals surface area contributed by atoms with Gasteiger partial charge in [-0.25, -0.2) is 9.78 Å². The third-order valence-corrected chi connectivity index (χ3v) is 2.85. The highest BCUT2D eigenvalue weighted by Crippen LogP contribution is 2.06. The van der Waals surface area contributed by atoms with Crippen molar-refractivity contribution in [3.8, 4) is 6.07 Å². The van der Waals surface area contributed by atoms with Crippen LogP contribution >= 0.6 is 0 Å². The van der Waals surface area contributed by atoms with Gasteiger partial charge in [0.25, 0.3) is 5.56 Å². The van der Waals surface area contributed by atoms with Crippen LogP contribution in [-0.2, 0) is 9.53 Å². The molecule has 2 aromatic heterocycles. The monoisotopic (exact) mass is 298 g/mol. The SMILES string of the molecule is CCOC(=O)/C(C#N)=C/Nc1cnc2cc(C)ccn2c1=O. The molecule has 0 radical (unpaired) electrons. The third-order valence-electron chi connectivity index (χ3n) is 2.85. The zero-order valence-electron chi connectivity index (χ0n) is 12.2. The number of esters is 1. The second-order valence-corrected chi connectivity index (χ2v) is 4.44. The molecule has 2 heterocycles. The van der Waals surface area contributed by atoms with Crippen LogP contribution in [0.1, 0.15) is 12.5 Å². The fraction of sp³-hybridized carbons (Fsp3) is 0.200. The normalized spacial score (nSPS) is 11.0. The minimum Gasteiger partial charge on any atom is -0.462 e. The predicted octanol–water partition coefficient (Wildman–Crippen LogP) is 1.39. The molecule has 2 aromatic rings. The van der Waals surface area contributed by atoms with Crippen molar-refractivity contribution in [1.29, 1.82) is 5.26 Å². The lowest BCUT2D eigenvalue weighted by Gasteiger charge is -2.05. The molecular formula is C15H14N4O3. The van der Waals surface area contributed by atoms with Gasteiger partial charge in [-0.2, -0.15) is 5.26 Å². The average Bonchev–Trinajstić information content (AvgIpc) is 2.50. The number of carbonyl (C=O) groups excluding carboxylic acids is 1. The highest BCUT2D eigenvalue weighted by Gasteiger charge is 2.10. The summed E-state index contributed by atoms with van der Waals surface area (Å²) in [6, 6.07) is 5.28. The number of nitrogens with one attached hydrogen (secondary N) is 1. The van der Waals surface area contributed by atoms with Gasteiger partial charge < -0.3 is 10.1 Å². The molecule has 0 aliphatic rings. The molecule has 0 atom stereocenters. The van der Waals surface area contributed by atoms with Crippen LogP contribution < -0.4 is 10.9 Å². The van der Waals surface area contributed by atoms with Crippen LogP contribution in [-0.4, -0.2) is 22.0 Å². The molecule has 7 nitrogen and oxygen atoms in total. The Kier molecular flexibility index (Phi) is 4.53. The van der Waals surface area contributed by atoms with Crippen LogP contribution in [0.2, 0.25) is 0 Å². The number of aryl methyl sites for hydroxylation is 1. The number of rotatable bonds is 4. The molecule has 0 aliphatic carbocycles. The molecule has 22 heavy (non-hydrogen) atoms. The van der Waals surface area contributed by atoms with E-state index in [1.54, 1.807) is 31.3 Å². The molecule has 0 aliphatic heterocycles. The molecule has 1 N–H and O–H groups in total. The molecule has 0 saturated carbocycles. The fourth-order valence-electron chi connectivity index (χ4n) is 1.77. The highest BCUT2D eigenvalue weighted by molar-refractivity contribution is 5.93. The maximum absolute atomic E-state index is 12.3. The summed E-state index contributed by atoms with van der Waals surface area (Å²) in [4.78, 5) is 27.9. The van der Waals surface area contributed by atoms with E-state index in [4.69, 9.17) is 10.00 Å². The molecule has 0 bridgehead atoms. The maximum Gasteiger partial charge on any atom is 0.350 e. The quantitative estimate of drug-likeness (QED) is 0.520. The Morgan fingerprint density at radius 2 is 2.36 bits per heavy atom. The van der Waals surface area contributed by atoms with Gasteiger partial charge in [-0.05, 0) is 31.5 Å². The first-order valence-corrected chi connectivity index (χ1v) is 6.58. The van der Waals surface area contributed by atoms with E-state index in [0.29, 0.717) is 5.65 Å². The molecule has 0 aromatic carbocycles. The van der Waals surface area contributed by atoms with Crippen molar-refractivity contribution in [3.63, 3.8) is 0 Å². The molecular weight excluding hydrogens is 284 g/mol. The molecule has 2 rings (SSSR count). The standard InChI is InChI=1S/C15H14N4O3/c1-3-22-15(21)11(7-16)8-17-12-9-18-13-6-10(2)4-5-19(13)14(12)20/h4-6,8-9,17H,3H2,1-2H3/b11-8+. The minimum absolute atomic E-state index is 0.151. The molecule has 0 amide bonds. The summed E-state index contributed by atoms with van der Waals surface area (Å²) < 4.78 is 6.10. The summed E-state index contributed by atoms with van der Waals surface area (Å²) in [7, 11) is 0. The minimum atomic E-state index is -0.748. The Hall–Kier alpha value is -3.14. The van der Waals surface area contributed by atoms with Gasteiger partial charge in [-0.3, -0.25) is 9.20 Å². The van der Waals surface area contributed by atoms with Crippen molar-refractivity contribution in [2.45, 2.75) is 13.8 Å². The smallest absolute Gasteiger partial charge is 0.350 e. The van der Waals surface area contributed by atoms with Crippen LogP contribution in [0.15, 0.2) is 41.1 Å². The van der Waals surface area contributed by atoms with Gasteiger partial charge in [0.2, 0.25) is 0 Å². The molecule has 112 valence electrons. The van der Waals surface area contributed by atoms with Gasteiger partial charge in [-0.1, -0.05) is 0 Å². The van der Waals surface area contributed by atoms with Crippen molar-refractivity contribution in [1.82, 2.24) is 9.38 Å². The van der Waals surface area contributed by atoms with Crippen molar-refractivity contribution in [3.05, 3.63) is 52.2 Å². The van der Waals surface area contributed by atoms with Crippen LogP contribution in [0.4, 0.5) is 5.69 Å². The van der Waals surface area contributed by atoms with Crippen molar-refractivity contribution >= 4 is 17.3 Å². The zero-order chi connectivity index (χ0) is 16.1. The molecule has 0 unspecified atom stereocenters. The van der Waals surface area contributed by atoms with Crippen LogP contribution in [0.5, 0.6) is 0 Å². The summed E-state index contributed by atoms with van der Waals surface area (Å²) in [6.45, 7) is 3.71. The first kappa shape index (κ1) is 15.3. The van der Waals surface area contributed by atoms with Crippen molar-refractivity contribution in [2.24, 2.45) is 0 Å². The third kappa shape index (κ3) is 3.12. The molecule has 0 saturated heterocycles. The number of nitrogens with zero attached hydrogens (tertiary/aromatic N) is 3. The van der Waals surface area contributed by atoms with Gasteiger partial charge in [-0.15, -0.1) is 0 Å². The lowest BCUT2D eigenvalue weighted by molar-refractivity contribution is -0.138. The topological polar surface area (TPSA) is 96.5 Å². The largest absolute Gasteiger partial charge is 0.462 e. The second kappa shape index (κ2) is 6.54. The van der Waals surface area contributed by atoms with Crippen LogP contribution in [0.3, 0.4) is 0 Å². The van der Waals surface area contributed by atoms with Crippen LogP contribution in [0, 0.1) is 18.3 Å². The fourth-order valence-corrected chi connectivity index (χ4v) is 1.77. The lowest BCUT2D eigenvalue weighted by atomic mass is 10.3. The number of nitriles is 1. The van der Waals surface area contributed by atoms with E-state index < -0.39 is 5.97 Å². The van der Waals surface area contributed by atoms with E-state index in [1.807, 2.05) is 6.92 Å². The number of aromatic nitrogens is 2. The van der Waals surface area contributed by atoms with E-state index >= 15 is 0 Å². The van der Waals surface area contributed by atoms with Crippen molar-refractivity contribution < 1.29 is 9.53 Å². The summed E-state index contributed by atoms with van der Waals surface area (Å²) in [5.41, 5.74) is 1.10. The molecule has 0 fully saturated rings. The number of hydrogen-bond donors (Lipinski definition) is 1. The van der Waals surface area contributed by atoms with Gasteiger partial charge in [0.1, 0.15) is 17.4 Å². The highest BCUT2D eigenvalue weighted by atomic mass is 16.5. The van der Waals surface area contributed by atoms with E-state index in [2.05, 4.69) is 10.3 Å². The van der Waals surface area contributed by atoms with E-state index in [-0.39, 0.29) is 23.4 Å². The summed E-state index contributed by atoms with van der Waals surface area (Å²) in [5, 5.41) is 11.5. The Morgan fingerprint density at radius 3 is 3.05 bits per heavy atom. The van der Waals surface area contributed by atoms with Gasteiger partial charge in [0.05, 0.1) is 12.8 Å². The maximum atomic E-state index is 12.3. The summed E-state index contributed by atoms with van der Waals surface area (Å²) in [5.74, 6) is -0.748. The van der Waals surface area contributed by atoms with E-state index in [1.165, 1.54) is 10.6 Å². The number of fused-ring (bicyclic) bond motifs is 1. The summed E-state index contributed by atoms with van der Waals surface area (Å²) in [6.07, 6.45) is 4.11. The number of pyridine rings is 1. The first-order chi connectivity index (χ1) is 10.6.